The first kappa shape index (κ1) is 17.4. The maximum absolute atomic E-state index is 12.7. The quantitative estimate of drug-likeness (QED) is 0.754. The van der Waals surface area contributed by atoms with Crippen LogP contribution in [-0.4, -0.2) is 67.2 Å². The highest BCUT2D eigenvalue weighted by molar-refractivity contribution is 7.89. The molecule has 0 saturated heterocycles. The van der Waals surface area contributed by atoms with E-state index in [9.17, 15) is 18.3 Å². The Bertz CT molecular complexity index is 436. The van der Waals surface area contributed by atoms with Crippen LogP contribution in [-0.2, 0) is 14.8 Å². The van der Waals surface area contributed by atoms with Gasteiger partial charge in [0.1, 0.15) is 0 Å². The van der Waals surface area contributed by atoms with Crippen molar-refractivity contribution in [2.75, 3.05) is 27.2 Å². The first-order chi connectivity index (χ1) is 9.21. The number of hydrogen-bond donors (Lipinski definition) is 1. The molecule has 3 unspecified atom stereocenters. The van der Waals surface area contributed by atoms with Crippen LogP contribution in [0.4, 0.5) is 0 Å². The first-order valence-corrected chi connectivity index (χ1v) is 8.60. The van der Waals surface area contributed by atoms with Gasteiger partial charge in [0, 0.05) is 19.1 Å². The summed E-state index contributed by atoms with van der Waals surface area (Å²) in [5.74, 6) is -1.76. The van der Waals surface area contributed by atoms with E-state index in [4.69, 9.17) is 0 Å². The molecule has 0 bridgehead atoms. The third-order valence-electron chi connectivity index (χ3n) is 3.91. The van der Waals surface area contributed by atoms with Crippen molar-refractivity contribution in [1.82, 2.24) is 9.21 Å². The number of likely N-dealkylation sites (N-methyl/N-ethyl adjacent to an activating group) is 2. The minimum absolute atomic E-state index is 0.157. The molecule has 1 fully saturated rings. The zero-order valence-corrected chi connectivity index (χ0v) is 13.6. The predicted octanol–water partition coefficient (Wildman–Crippen LogP) is 0.842. The molecule has 1 aliphatic rings. The van der Waals surface area contributed by atoms with Crippen LogP contribution in [0.3, 0.4) is 0 Å². The Morgan fingerprint density at radius 3 is 2.40 bits per heavy atom. The molecule has 0 aliphatic heterocycles. The topological polar surface area (TPSA) is 77.9 Å². The average Bonchev–Trinajstić information content (AvgIpc) is 2.77. The van der Waals surface area contributed by atoms with Gasteiger partial charge < -0.3 is 10.0 Å². The zero-order chi connectivity index (χ0) is 15.5. The fourth-order valence-electron chi connectivity index (χ4n) is 3.10. The van der Waals surface area contributed by atoms with Gasteiger partial charge in [-0.3, -0.25) is 4.79 Å². The number of nitrogens with zero attached hydrogens (tertiary/aromatic N) is 2. The van der Waals surface area contributed by atoms with Gasteiger partial charge in [0.2, 0.25) is 10.0 Å². The lowest BCUT2D eigenvalue weighted by atomic mass is 10.1. The van der Waals surface area contributed by atoms with Crippen LogP contribution < -0.4 is 0 Å². The fraction of sp³-hybridized carbons (Fsp3) is 0.923. The second kappa shape index (κ2) is 6.87. The summed E-state index contributed by atoms with van der Waals surface area (Å²) in [5.41, 5.74) is 0. The van der Waals surface area contributed by atoms with E-state index in [0.717, 1.165) is 0 Å². The molecule has 1 saturated carbocycles. The lowest BCUT2D eigenvalue weighted by molar-refractivity contribution is -0.141. The SMILES string of the molecule is CCN(C(C)CN(C)C)S(=O)(=O)C1CCCC1C(=O)O. The van der Waals surface area contributed by atoms with E-state index < -0.39 is 27.2 Å². The van der Waals surface area contributed by atoms with Crippen LogP contribution in [0.5, 0.6) is 0 Å². The largest absolute Gasteiger partial charge is 0.481 e. The monoisotopic (exact) mass is 306 g/mol. The summed E-state index contributed by atoms with van der Waals surface area (Å²) in [6.07, 6.45) is 1.57. The molecule has 7 heteroatoms. The van der Waals surface area contributed by atoms with E-state index in [2.05, 4.69) is 0 Å². The Hall–Kier alpha value is -0.660. The maximum Gasteiger partial charge on any atom is 0.307 e. The lowest BCUT2D eigenvalue weighted by Gasteiger charge is -2.32. The van der Waals surface area contributed by atoms with Gasteiger partial charge in [-0.1, -0.05) is 13.3 Å². The molecule has 0 heterocycles. The number of sulfonamides is 1. The molecule has 118 valence electrons. The minimum Gasteiger partial charge on any atom is -0.481 e. The highest BCUT2D eigenvalue weighted by atomic mass is 32.2. The molecule has 0 aromatic rings. The molecule has 1 N–H and O–H groups in total. The van der Waals surface area contributed by atoms with E-state index in [1.54, 1.807) is 6.92 Å². The molecule has 3 atom stereocenters. The van der Waals surface area contributed by atoms with Crippen LogP contribution in [0.1, 0.15) is 33.1 Å². The predicted molar refractivity (Wildman–Crippen MR) is 78.1 cm³/mol. The number of aliphatic carboxylic acids is 1. The molecule has 6 nitrogen and oxygen atoms in total. The number of hydrogen-bond acceptors (Lipinski definition) is 4. The number of rotatable bonds is 7. The normalized spacial score (nSPS) is 25.3. The van der Waals surface area contributed by atoms with E-state index in [1.807, 2.05) is 25.9 Å². The second-order valence-electron chi connectivity index (χ2n) is 5.77. The van der Waals surface area contributed by atoms with Gasteiger partial charge in [-0.15, -0.1) is 0 Å². The number of carbonyl (C=O) groups is 1. The Morgan fingerprint density at radius 1 is 1.35 bits per heavy atom. The molecule has 1 aliphatic carbocycles. The third kappa shape index (κ3) is 3.71. The standard InChI is InChI=1S/C13H26N2O4S/c1-5-15(10(2)9-14(3)4)20(18,19)12-8-6-7-11(12)13(16)17/h10-12H,5-9H2,1-4H3,(H,16,17). The van der Waals surface area contributed by atoms with Gasteiger partial charge in [-0.05, 0) is 33.9 Å². The van der Waals surface area contributed by atoms with Crippen molar-refractivity contribution in [1.29, 1.82) is 0 Å². The summed E-state index contributed by atoms with van der Waals surface area (Å²) < 4.78 is 26.9. The molecule has 0 spiro atoms. The van der Waals surface area contributed by atoms with Crippen molar-refractivity contribution in [3.05, 3.63) is 0 Å². The van der Waals surface area contributed by atoms with Crippen molar-refractivity contribution < 1.29 is 18.3 Å². The third-order valence-corrected chi connectivity index (χ3v) is 6.51. The lowest BCUT2D eigenvalue weighted by Crippen LogP contribution is -2.49. The van der Waals surface area contributed by atoms with Crippen LogP contribution in [0.15, 0.2) is 0 Å². The Kier molecular flexibility index (Phi) is 5.97. The smallest absolute Gasteiger partial charge is 0.307 e. The summed E-state index contributed by atoms with van der Waals surface area (Å²) in [6.45, 7) is 4.66. The van der Waals surface area contributed by atoms with E-state index >= 15 is 0 Å². The molecule has 1 rings (SSSR count). The Balaban J connectivity index is 2.97. The van der Waals surface area contributed by atoms with E-state index in [1.165, 1.54) is 4.31 Å². The average molecular weight is 306 g/mol. The highest BCUT2D eigenvalue weighted by Gasteiger charge is 2.44. The Morgan fingerprint density at radius 2 is 1.95 bits per heavy atom. The summed E-state index contributed by atoms with van der Waals surface area (Å²) in [6, 6.07) is -0.157. The maximum atomic E-state index is 12.7. The van der Waals surface area contributed by atoms with Crippen molar-refractivity contribution in [3.63, 3.8) is 0 Å². The first-order valence-electron chi connectivity index (χ1n) is 7.10. The number of carboxylic acid groups (broad SMARTS) is 1. The summed E-state index contributed by atoms with van der Waals surface area (Å²) >= 11 is 0. The van der Waals surface area contributed by atoms with Gasteiger partial charge in [0.25, 0.3) is 0 Å². The van der Waals surface area contributed by atoms with E-state index in [-0.39, 0.29) is 6.04 Å². The van der Waals surface area contributed by atoms with Crippen LogP contribution in [0, 0.1) is 5.92 Å². The Labute approximate surface area is 121 Å². The van der Waals surface area contributed by atoms with Gasteiger partial charge in [-0.2, -0.15) is 4.31 Å². The summed E-state index contributed by atoms with van der Waals surface area (Å²) in [4.78, 5) is 13.2. The molecular weight excluding hydrogens is 280 g/mol. The molecule has 0 radical (unpaired) electrons. The number of carboxylic acids is 1. The molecule has 20 heavy (non-hydrogen) atoms. The van der Waals surface area contributed by atoms with Crippen LogP contribution >= 0.6 is 0 Å². The molecule has 0 aromatic heterocycles. The molecule has 0 aromatic carbocycles. The van der Waals surface area contributed by atoms with Gasteiger partial charge in [0.05, 0.1) is 11.2 Å². The van der Waals surface area contributed by atoms with Crippen LogP contribution in [0.25, 0.3) is 0 Å². The molecular formula is C13H26N2O4S. The van der Waals surface area contributed by atoms with Gasteiger partial charge in [0.15, 0.2) is 0 Å². The second-order valence-corrected chi connectivity index (χ2v) is 7.88. The van der Waals surface area contributed by atoms with Crippen molar-refractivity contribution in [2.24, 2.45) is 5.92 Å². The zero-order valence-electron chi connectivity index (χ0n) is 12.7. The summed E-state index contributed by atoms with van der Waals surface area (Å²) in [7, 11) is 0.227. The van der Waals surface area contributed by atoms with Crippen molar-refractivity contribution in [3.8, 4) is 0 Å². The van der Waals surface area contributed by atoms with E-state index in [0.29, 0.717) is 32.4 Å². The van der Waals surface area contributed by atoms with Crippen molar-refractivity contribution >= 4 is 16.0 Å². The van der Waals surface area contributed by atoms with Gasteiger partial charge in [-0.25, -0.2) is 8.42 Å². The minimum atomic E-state index is -3.56. The van der Waals surface area contributed by atoms with Crippen LogP contribution in [0.2, 0.25) is 0 Å². The fourth-order valence-corrected chi connectivity index (χ4v) is 5.51. The molecule has 0 amide bonds. The summed E-state index contributed by atoms with van der Waals surface area (Å²) in [5, 5.41) is 8.42. The van der Waals surface area contributed by atoms with Gasteiger partial charge >= 0.3 is 5.97 Å². The van der Waals surface area contributed by atoms with Crippen molar-refractivity contribution in [2.45, 2.75) is 44.4 Å². The highest BCUT2D eigenvalue weighted by Crippen LogP contribution is 2.33.